The van der Waals surface area contributed by atoms with Crippen LogP contribution in [-0.2, 0) is 6.54 Å². The maximum Gasteiger partial charge on any atom is 0.269 e. The number of halogens is 1. The van der Waals surface area contributed by atoms with Crippen molar-refractivity contribution in [3.05, 3.63) is 62.3 Å². The molecule has 1 unspecified atom stereocenters. The van der Waals surface area contributed by atoms with Gasteiger partial charge in [0, 0.05) is 30.1 Å². The van der Waals surface area contributed by atoms with Gasteiger partial charge in [-0.1, -0.05) is 18.2 Å². The smallest absolute Gasteiger partial charge is 0.269 e. The third-order valence-electron chi connectivity index (χ3n) is 4.83. The van der Waals surface area contributed by atoms with Crippen molar-refractivity contribution < 1.29 is 4.92 Å². The maximum atomic E-state index is 10.8. The minimum Gasteiger partial charge on any atom is -0.357 e. The van der Waals surface area contributed by atoms with E-state index in [0.29, 0.717) is 12.6 Å². The van der Waals surface area contributed by atoms with E-state index in [1.54, 1.807) is 23.5 Å². The SMILES string of the molecule is CCNC(=NCc1ccc([N+](=O)[O-])cc1)NCC(c1cccs1)N1CCCC1.I. The van der Waals surface area contributed by atoms with Crippen molar-refractivity contribution in [1.82, 2.24) is 15.5 Å². The van der Waals surface area contributed by atoms with Crippen molar-refractivity contribution in [2.24, 2.45) is 4.99 Å². The predicted octanol–water partition coefficient (Wildman–Crippen LogP) is 4.17. The molecule has 3 rings (SSSR count). The van der Waals surface area contributed by atoms with Crippen LogP contribution in [0.15, 0.2) is 46.8 Å². The Morgan fingerprint density at radius 2 is 1.97 bits per heavy atom. The molecule has 158 valence electrons. The van der Waals surface area contributed by atoms with Crippen molar-refractivity contribution in [2.45, 2.75) is 32.4 Å². The molecule has 0 saturated carbocycles. The summed E-state index contributed by atoms with van der Waals surface area (Å²) in [7, 11) is 0. The van der Waals surface area contributed by atoms with E-state index in [4.69, 9.17) is 0 Å². The lowest BCUT2D eigenvalue weighted by Crippen LogP contribution is -2.42. The molecular formula is C20H28IN5O2S. The highest BCUT2D eigenvalue weighted by Crippen LogP contribution is 2.27. The molecule has 2 heterocycles. The summed E-state index contributed by atoms with van der Waals surface area (Å²) in [5, 5.41) is 19.7. The first-order valence-corrected chi connectivity index (χ1v) is 10.6. The van der Waals surface area contributed by atoms with Crippen molar-refractivity contribution in [1.29, 1.82) is 0 Å². The third kappa shape index (κ3) is 6.93. The van der Waals surface area contributed by atoms with E-state index in [0.717, 1.165) is 37.7 Å². The average Bonchev–Trinajstić information content (AvgIpc) is 3.41. The second kappa shape index (κ2) is 12.1. The lowest BCUT2D eigenvalue weighted by molar-refractivity contribution is -0.384. The first-order valence-electron chi connectivity index (χ1n) is 9.70. The molecule has 1 aliphatic heterocycles. The zero-order valence-corrected chi connectivity index (χ0v) is 19.7. The number of nitrogens with zero attached hydrogens (tertiary/aromatic N) is 3. The molecule has 9 heteroatoms. The highest BCUT2D eigenvalue weighted by Gasteiger charge is 2.24. The van der Waals surface area contributed by atoms with Gasteiger partial charge in [0.2, 0.25) is 0 Å². The van der Waals surface area contributed by atoms with E-state index >= 15 is 0 Å². The van der Waals surface area contributed by atoms with Gasteiger partial charge in [0.05, 0.1) is 17.5 Å². The van der Waals surface area contributed by atoms with Gasteiger partial charge < -0.3 is 10.6 Å². The van der Waals surface area contributed by atoms with E-state index in [9.17, 15) is 10.1 Å². The summed E-state index contributed by atoms with van der Waals surface area (Å²) in [6.07, 6.45) is 2.52. The highest BCUT2D eigenvalue weighted by molar-refractivity contribution is 14.0. The molecule has 1 atom stereocenters. The summed E-state index contributed by atoms with van der Waals surface area (Å²) in [5.74, 6) is 0.765. The zero-order valence-electron chi connectivity index (χ0n) is 16.5. The fourth-order valence-electron chi connectivity index (χ4n) is 3.37. The Labute approximate surface area is 192 Å². The minimum absolute atomic E-state index is 0. The minimum atomic E-state index is -0.387. The second-order valence-electron chi connectivity index (χ2n) is 6.77. The summed E-state index contributed by atoms with van der Waals surface area (Å²) in [6.45, 7) is 6.37. The number of guanidine groups is 1. The lowest BCUT2D eigenvalue weighted by Gasteiger charge is -2.27. The molecule has 1 fully saturated rings. The van der Waals surface area contributed by atoms with E-state index in [2.05, 4.69) is 38.0 Å². The summed E-state index contributed by atoms with van der Waals surface area (Å²) < 4.78 is 0. The molecule has 2 N–H and O–H groups in total. The number of rotatable bonds is 8. The molecule has 7 nitrogen and oxygen atoms in total. The van der Waals surface area contributed by atoms with Crippen LogP contribution in [0.3, 0.4) is 0 Å². The van der Waals surface area contributed by atoms with E-state index < -0.39 is 0 Å². The van der Waals surface area contributed by atoms with E-state index in [1.165, 1.54) is 29.9 Å². The molecule has 1 aromatic heterocycles. The molecule has 0 aliphatic carbocycles. The standard InChI is InChI=1S/C20H27N5O2S.HI/c1-2-21-20(22-14-16-7-9-17(10-8-16)25(26)27)23-15-18(19-6-5-13-28-19)24-11-3-4-12-24;/h5-10,13,18H,2-4,11-12,14-15H2,1H3,(H2,21,22,23);1H. The van der Waals surface area contributed by atoms with Gasteiger partial charge in [-0.25, -0.2) is 4.99 Å². The summed E-state index contributed by atoms with van der Waals surface area (Å²) in [5.41, 5.74) is 1.04. The average molecular weight is 529 g/mol. The van der Waals surface area contributed by atoms with Crippen molar-refractivity contribution in [3.8, 4) is 0 Å². The van der Waals surface area contributed by atoms with Gasteiger partial charge in [-0.05, 0) is 49.9 Å². The zero-order chi connectivity index (χ0) is 19.8. The lowest BCUT2D eigenvalue weighted by atomic mass is 10.2. The van der Waals surface area contributed by atoms with Crippen LogP contribution in [0.5, 0.6) is 0 Å². The number of nitro groups is 1. The third-order valence-corrected chi connectivity index (χ3v) is 5.80. The molecular weight excluding hydrogens is 501 g/mol. The van der Waals surface area contributed by atoms with Gasteiger partial charge >= 0.3 is 0 Å². The monoisotopic (exact) mass is 529 g/mol. The van der Waals surface area contributed by atoms with Crippen molar-refractivity contribution in [2.75, 3.05) is 26.2 Å². The molecule has 1 saturated heterocycles. The topological polar surface area (TPSA) is 82.8 Å². The summed E-state index contributed by atoms with van der Waals surface area (Å²) in [6, 6.07) is 11.2. The van der Waals surface area contributed by atoms with Crippen molar-refractivity contribution >= 4 is 47.0 Å². The molecule has 0 spiro atoms. The molecule has 2 aromatic rings. The number of nitro benzene ring substituents is 1. The number of aliphatic imine (C=N–C) groups is 1. The quantitative estimate of drug-likeness (QED) is 0.176. The molecule has 0 radical (unpaired) electrons. The van der Waals surface area contributed by atoms with Gasteiger partial charge in [-0.15, -0.1) is 35.3 Å². The van der Waals surface area contributed by atoms with Crippen LogP contribution in [0.2, 0.25) is 0 Å². The predicted molar refractivity (Wildman–Crippen MR) is 129 cm³/mol. The van der Waals surface area contributed by atoms with Gasteiger partial charge in [0.1, 0.15) is 0 Å². The fraction of sp³-hybridized carbons (Fsp3) is 0.450. The van der Waals surface area contributed by atoms with Crippen molar-refractivity contribution in [3.63, 3.8) is 0 Å². The number of non-ortho nitro benzene ring substituents is 1. The van der Waals surface area contributed by atoms with Crippen LogP contribution in [0.4, 0.5) is 5.69 Å². The molecule has 0 amide bonds. The van der Waals surface area contributed by atoms with Crippen LogP contribution in [0.25, 0.3) is 0 Å². The Morgan fingerprint density at radius 3 is 2.55 bits per heavy atom. The Hall–Kier alpha value is -1.72. The number of hydrogen-bond donors (Lipinski definition) is 2. The second-order valence-corrected chi connectivity index (χ2v) is 7.75. The molecule has 29 heavy (non-hydrogen) atoms. The van der Waals surface area contributed by atoms with Crippen LogP contribution in [0.1, 0.15) is 36.2 Å². The van der Waals surface area contributed by atoms with Gasteiger partial charge in [-0.2, -0.15) is 0 Å². The first-order chi connectivity index (χ1) is 13.7. The molecule has 1 aliphatic rings. The molecule has 1 aromatic carbocycles. The summed E-state index contributed by atoms with van der Waals surface area (Å²) >= 11 is 1.80. The number of benzene rings is 1. The normalized spacial score (nSPS) is 15.6. The van der Waals surface area contributed by atoms with E-state index in [1.807, 2.05) is 6.92 Å². The van der Waals surface area contributed by atoms with Gasteiger partial charge in [0.25, 0.3) is 5.69 Å². The Kier molecular flexibility index (Phi) is 9.82. The van der Waals surface area contributed by atoms with Crippen LogP contribution in [-0.4, -0.2) is 42.0 Å². The largest absolute Gasteiger partial charge is 0.357 e. The Morgan fingerprint density at radius 1 is 1.24 bits per heavy atom. The van der Waals surface area contributed by atoms with Crippen LogP contribution in [0, 0.1) is 10.1 Å². The Balaban J connectivity index is 0.00000300. The molecule has 0 bridgehead atoms. The van der Waals surface area contributed by atoms with E-state index in [-0.39, 0.29) is 34.6 Å². The number of thiophene rings is 1. The first kappa shape index (κ1) is 23.6. The number of hydrogen-bond acceptors (Lipinski definition) is 5. The van der Waals surface area contributed by atoms with Crippen LogP contribution >= 0.6 is 35.3 Å². The van der Waals surface area contributed by atoms with Gasteiger partial charge in [-0.3, -0.25) is 15.0 Å². The number of likely N-dealkylation sites (tertiary alicyclic amines) is 1. The van der Waals surface area contributed by atoms with Crippen LogP contribution < -0.4 is 10.6 Å². The maximum absolute atomic E-state index is 10.8. The highest BCUT2D eigenvalue weighted by atomic mass is 127. The summed E-state index contributed by atoms with van der Waals surface area (Å²) in [4.78, 5) is 19.0. The van der Waals surface area contributed by atoms with Gasteiger partial charge in [0.15, 0.2) is 5.96 Å². The fourth-order valence-corrected chi connectivity index (χ4v) is 4.23. The number of nitrogens with one attached hydrogen (secondary N) is 2. The Bertz CT molecular complexity index is 777.